The van der Waals surface area contributed by atoms with Crippen molar-refractivity contribution in [3.63, 3.8) is 0 Å². The van der Waals surface area contributed by atoms with E-state index in [1.807, 2.05) is 19.0 Å². The molecule has 0 bridgehead atoms. The van der Waals surface area contributed by atoms with Crippen LogP contribution in [0.1, 0.15) is 6.92 Å². The number of hydrogen-bond acceptors (Lipinski definition) is 3. The highest BCUT2D eigenvalue weighted by molar-refractivity contribution is 5.73. The molecular weight excluding hydrogens is 182 g/mol. The lowest BCUT2D eigenvalue weighted by Gasteiger charge is -2.27. The summed E-state index contributed by atoms with van der Waals surface area (Å²) in [5, 5.41) is 12.5. The van der Waals surface area contributed by atoms with Gasteiger partial charge in [0.15, 0.2) is 0 Å². The van der Waals surface area contributed by atoms with Crippen LogP contribution in [0.2, 0.25) is 0 Å². The van der Waals surface area contributed by atoms with Crippen molar-refractivity contribution in [1.29, 1.82) is 0 Å². The predicted octanol–water partition coefficient (Wildman–Crippen LogP) is -0.430. The molecule has 0 aliphatic carbocycles. The fourth-order valence-electron chi connectivity index (χ4n) is 1.16. The monoisotopic (exact) mass is 203 g/mol. The minimum Gasteiger partial charge on any atom is -0.387 e. The number of nitrogens with zero attached hydrogens (tertiary/aromatic N) is 2. The van der Waals surface area contributed by atoms with Crippen molar-refractivity contribution in [2.75, 3.05) is 41.3 Å². The molecule has 2 amide bonds. The first-order valence-corrected chi connectivity index (χ1v) is 4.57. The number of amides is 2. The average molecular weight is 203 g/mol. The van der Waals surface area contributed by atoms with Crippen molar-refractivity contribution >= 4 is 6.03 Å². The summed E-state index contributed by atoms with van der Waals surface area (Å²) in [5.41, 5.74) is -0.894. The number of hydrogen-bond donors (Lipinski definition) is 2. The quantitative estimate of drug-likeness (QED) is 0.652. The van der Waals surface area contributed by atoms with Crippen molar-refractivity contribution in [1.82, 2.24) is 15.1 Å². The summed E-state index contributed by atoms with van der Waals surface area (Å²) in [6.07, 6.45) is 0. The number of aliphatic hydroxyl groups is 1. The molecule has 0 fully saturated rings. The second kappa shape index (κ2) is 5.17. The Morgan fingerprint density at radius 3 is 2.21 bits per heavy atom. The molecule has 5 nitrogen and oxygen atoms in total. The van der Waals surface area contributed by atoms with Crippen molar-refractivity contribution in [3.05, 3.63) is 0 Å². The minimum atomic E-state index is -0.894. The smallest absolute Gasteiger partial charge is 0.316 e. The Labute approximate surface area is 85.7 Å². The molecule has 0 saturated carbocycles. The van der Waals surface area contributed by atoms with E-state index < -0.39 is 5.60 Å². The summed E-state index contributed by atoms with van der Waals surface area (Å²) < 4.78 is 0. The normalized spacial score (nSPS) is 15.1. The molecule has 0 rings (SSSR count). The van der Waals surface area contributed by atoms with Gasteiger partial charge in [0.05, 0.1) is 5.60 Å². The number of rotatable bonds is 4. The molecule has 14 heavy (non-hydrogen) atoms. The van der Waals surface area contributed by atoms with Crippen LogP contribution in [0.25, 0.3) is 0 Å². The Bertz CT molecular complexity index is 190. The van der Waals surface area contributed by atoms with E-state index in [4.69, 9.17) is 0 Å². The second-order valence-electron chi connectivity index (χ2n) is 4.29. The Morgan fingerprint density at radius 1 is 1.36 bits per heavy atom. The lowest BCUT2D eigenvalue weighted by molar-refractivity contribution is 0.0352. The topological polar surface area (TPSA) is 55.8 Å². The number of carbonyl (C=O) groups is 1. The van der Waals surface area contributed by atoms with Gasteiger partial charge in [-0.3, -0.25) is 0 Å². The second-order valence-corrected chi connectivity index (χ2v) is 4.29. The summed E-state index contributed by atoms with van der Waals surface area (Å²) in [6.45, 7) is 2.46. The van der Waals surface area contributed by atoms with Gasteiger partial charge in [-0.25, -0.2) is 4.79 Å². The van der Waals surface area contributed by atoms with Gasteiger partial charge in [-0.15, -0.1) is 0 Å². The van der Waals surface area contributed by atoms with Gasteiger partial charge >= 0.3 is 6.03 Å². The van der Waals surface area contributed by atoms with Crippen molar-refractivity contribution < 1.29 is 9.90 Å². The molecule has 84 valence electrons. The van der Waals surface area contributed by atoms with E-state index in [2.05, 4.69) is 5.32 Å². The van der Waals surface area contributed by atoms with Crippen molar-refractivity contribution in [2.24, 2.45) is 0 Å². The van der Waals surface area contributed by atoms with Gasteiger partial charge in [-0.1, -0.05) is 0 Å². The van der Waals surface area contributed by atoms with Gasteiger partial charge in [-0.2, -0.15) is 0 Å². The first kappa shape index (κ1) is 13.2. The molecule has 0 aromatic heterocycles. The van der Waals surface area contributed by atoms with E-state index in [0.29, 0.717) is 6.54 Å². The van der Waals surface area contributed by atoms with Crippen LogP contribution in [-0.2, 0) is 0 Å². The molecule has 0 saturated heterocycles. The maximum Gasteiger partial charge on any atom is 0.316 e. The van der Waals surface area contributed by atoms with Crippen molar-refractivity contribution in [2.45, 2.75) is 12.5 Å². The lowest BCUT2D eigenvalue weighted by atomic mass is 10.1. The van der Waals surface area contributed by atoms with Crippen LogP contribution in [0.4, 0.5) is 4.79 Å². The molecule has 1 atom stereocenters. The number of carbonyl (C=O) groups excluding carboxylic acids is 1. The van der Waals surface area contributed by atoms with Gasteiger partial charge in [0.25, 0.3) is 0 Å². The van der Waals surface area contributed by atoms with Crippen LogP contribution in [-0.4, -0.2) is 67.8 Å². The summed E-state index contributed by atoms with van der Waals surface area (Å²) in [6, 6.07) is -0.191. The van der Waals surface area contributed by atoms with E-state index >= 15 is 0 Å². The molecule has 0 spiro atoms. The third-order valence-electron chi connectivity index (χ3n) is 1.68. The van der Waals surface area contributed by atoms with Crippen LogP contribution >= 0.6 is 0 Å². The maximum absolute atomic E-state index is 11.2. The standard InChI is InChI=1S/C9H21N3O2/c1-9(14,7-11(2)3)6-10-8(13)12(4)5/h14H,6-7H2,1-5H3,(H,10,13). The first-order chi connectivity index (χ1) is 6.24. The van der Waals surface area contributed by atoms with Crippen LogP contribution in [0.15, 0.2) is 0 Å². The summed E-state index contributed by atoms with van der Waals surface area (Å²) in [4.78, 5) is 14.5. The zero-order valence-electron chi connectivity index (χ0n) is 9.66. The van der Waals surface area contributed by atoms with Crippen LogP contribution in [0.5, 0.6) is 0 Å². The maximum atomic E-state index is 11.2. The zero-order valence-corrected chi connectivity index (χ0v) is 9.66. The predicted molar refractivity (Wildman–Crippen MR) is 56.3 cm³/mol. The molecule has 5 heteroatoms. The first-order valence-electron chi connectivity index (χ1n) is 4.57. The molecule has 0 aliphatic rings. The molecule has 0 heterocycles. The SMILES string of the molecule is CN(C)CC(C)(O)CNC(=O)N(C)C. The third kappa shape index (κ3) is 5.77. The summed E-state index contributed by atoms with van der Waals surface area (Å²) >= 11 is 0. The third-order valence-corrected chi connectivity index (χ3v) is 1.68. The lowest BCUT2D eigenvalue weighted by Crippen LogP contribution is -2.49. The van der Waals surface area contributed by atoms with Crippen LogP contribution in [0.3, 0.4) is 0 Å². The Hall–Kier alpha value is -0.810. The zero-order chi connectivity index (χ0) is 11.4. The Kier molecular flexibility index (Phi) is 4.87. The molecule has 1 unspecified atom stereocenters. The van der Waals surface area contributed by atoms with E-state index in [1.54, 1.807) is 21.0 Å². The van der Waals surface area contributed by atoms with Crippen LogP contribution < -0.4 is 5.32 Å². The van der Waals surface area contributed by atoms with Crippen molar-refractivity contribution in [3.8, 4) is 0 Å². The van der Waals surface area contributed by atoms with Gasteiger partial charge in [0.1, 0.15) is 0 Å². The number of likely N-dealkylation sites (N-methyl/N-ethyl adjacent to an activating group) is 1. The fourth-order valence-corrected chi connectivity index (χ4v) is 1.16. The molecule has 0 aromatic carbocycles. The number of urea groups is 1. The Balaban J connectivity index is 3.92. The molecule has 2 N–H and O–H groups in total. The van der Waals surface area contributed by atoms with E-state index in [1.165, 1.54) is 4.90 Å². The highest BCUT2D eigenvalue weighted by atomic mass is 16.3. The van der Waals surface area contributed by atoms with E-state index in [-0.39, 0.29) is 12.6 Å². The largest absolute Gasteiger partial charge is 0.387 e. The van der Waals surface area contributed by atoms with Gasteiger partial charge in [-0.05, 0) is 21.0 Å². The van der Waals surface area contributed by atoms with Gasteiger partial charge in [0.2, 0.25) is 0 Å². The van der Waals surface area contributed by atoms with Gasteiger partial charge < -0.3 is 20.2 Å². The fraction of sp³-hybridized carbons (Fsp3) is 0.889. The van der Waals surface area contributed by atoms with Gasteiger partial charge in [0, 0.05) is 27.2 Å². The highest BCUT2D eigenvalue weighted by Crippen LogP contribution is 2.02. The number of nitrogens with one attached hydrogen (secondary N) is 1. The molecular formula is C9H21N3O2. The average Bonchev–Trinajstić information content (AvgIpc) is 1.97. The highest BCUT2D eigenvalue weighted by Gasteiger charge is 2.22. The van der Waals surface area contributed by atoms with Crippen LogP contribution in [0, 0.1) is 0 Å². The molecule has 0 aliphatic heterocycles. The van der Waals surface area contributed by atoms with E-state index in [0.717, 1.165) is 0 Å². The minimum absolute atomic E-state index is 0.191. The summed E-state index contributed by atoms with van der Waals surface area (Å²) in [5.74, 6) is 0. The summed E-state index contributed by atoms with van der Waals surface area (Å²) in [7, 11) is 7.08. The molecule has 0 aromatic rings. The molecule has 0 radical (unpaired) electrons. The van der Waals surface area contributed by atoms with E-state index in [9.17, 15) is 9.90 Å². The Morgan fingerprint density at radius 2 is 1.86 bits per heavy atom.